The van der Waals surface area contributed by atoms with Crippen LogP contribution in [0.1, 0.15) is 18.1 Å². The lowest BCUT2D eigenvalue weighted by molar-refractivity contribution is -0.115. The Balaban J connectivity index is 1.63. The van der Waals surface area contributed by atoms with Crippen LogP contribution < -0.4 is 14.8 Å². The predicted molar refractivity (Wildman–Crippen MR) is 120 cm³/mol. The maximum Gasteiger partial charge on any atom is 0.290 e. The quantitative estimate of drug-likeness (QED) is 0.492. The van der Waals surface area contributed by atoms with Crippen LogP contribution in [0, 0.1) is 0 Å². The Morgan fingerprint density at radius 3 is 2.63 bits per heavy atom. The molecule has 4 rings (SSSR count). The largest absolute Gasteiger partial charge is 0.490 e. The van der Waals surface area contributed by atoms with Gasteiger partial charge in [0, 0.05) is 0 Å². The number of ether oxygens (including phenoxy) is 2. The van der Waals surface area contributed by atoms with Crippen LogP contribution in [-0.2, 0) is 11.4 Å². The van der Waals surface area contributed by atoms with Gasteiger partial charge in [-0.1, -0.05) is 54.1 Å². The van der Waals surface area contributed by atoms with Gasteiger partial charge in [0.25, 0.3) is 11.1 Å². The van der Waals surface area contributed by atoms with Crippen molar-refractivity contribution in [3.63, 3.8) is 0 Å². The second kappa shape index (κ2) is 8.81. The molecule has 1 aliphatic heterocycles. The average Bonchev–Trinajstić information content (AvgIpc) is 3.04. The van der Waals surface area contributed by atoms with E-state index >= 15 is 0 Å². The van der Waals surface area contributed by atoms with E-state index in [0.29, 0.717) is 40.2 Å². The summed E-state index contributed by atoms with van der Waals surface area (Å²) in [5, 5.41) is 4.46. The van der Waals surface area contributed by atoms with Gasteiger partial charge in [-0.25, -0.2) is 0 Å². The number of thioether (sulfide) groups is 1. The van der Waals surface area contributed by atoms with E-state index in [9.17, 15) is 9.59 Å². The molecule has 1 saturated heterocycles. The van der Waals surface area contributed by atoms with Crippen LogP contribution in [0.3, 0.4) is 0 Å². The van der Waals surface area contributed by atoms with E-state index in [-0.39, 0.29) is 0 Å². The van der Waals surface area contributed by atoms with Crippen molar-refractivity contribution in [3.8, 4) is 11.5 Å². The van der Waals surface area contributed by atoms with Gasteiger partial charge < -0.3 is 9.47 Å². The zero-order valence-corrected chi connectivity index (χ0v) is 17.7. The molecule has 0 spiro atoms. The molecule has 1 N–H and O–H groups in total. The van der Waals surface area contributed by atoms with Gasteiger partial charge in [-0.3, -0.25) is 14.9 Å². The first-order valence-corrected chi connectivity index (χ1v) is 10.5. The molecule has 0 aromatic heterocycles. The van der Waals surface area contributed by atoms with E-state index in [2.05, 4.69) is 23.5 Å². The van der Waals surface area contributed by atoms with E-state index in [1.807, 2.05) is 31.2 Å². The third-order valence-electron chi connectivity index (χ3n) is 4.52. The summed E-state index contributed by atoms with van der Waals surface area (Å²) >= 11 is 7.35. The van der Waals surface area contributed by atoms with E-state index in [4.69, 9.17) is 21.1 Å². The van der Waals surface area contributed by atoms with Gasteiger partial charge in [-0.05, 0) is 58.8 Å². The average molecular weight is 440 g/mol. The van der Waals surface area contributed by atoms with Crippen LogP contribution in [0.4, 0.5) is 4.79 Å². The van der Waals surface area contributed by atoms with Gasteiger partial charge in [0.05, 0.1) is 16.5 Å². The highest BCUT2D eigenvalue weighted by Crippen LogP contribution is 2.39. The lowest BCUT2D eigenvalue weighted by Gasteiger charge is -2.15. The molecule has 30 heavy (non-hydrogen) atoms. The number of carbonyl (C=O) groups excluding carboxylic acids is 2. The number of benzene rings is 3. The fourth-order valence-electron chi connectivity index (χ4n) is 3.21. The minimum Gasteiger partial charge on any atom is -0.490 e. The maximum absolute atomic E-state index is 11.8. The molecule has 0 unspecified atom stereocenters. The summed E-state index contributed by atoms with van der Waals surface area (Å²) in [6.07, 6.45) is 1.60. The fraction of sp³-hybridized carbons (Fsp3) is 0.130. The van der Waals surface area contributed by atoms with Crippen molar-refractivity contribution in [2.24, 2.45) is 0 Å². The standard InChI is InChI=1S/C23H18ClNO4S/c1-2-28-19-11-14(12-20-22(26)25-23(27)30-20)10-18(24)21(19)29-13-16-8-5-7-15-6-3-4-9-17(15)16/h3-12H,2,13H2,1H3,(H,25,26,27)/b20-12-. The van der Waals surface area contributed by atoms with E-state index < -0.39 is 11.1 Å². The molecule has 7 heteroatoms. The van der Waals surface area contributed by atoms with Gasteiger partial charge in [0.1, 0.15) is 6.61 Å². The lowest BCUT2D eigenvalue weighted by atomic mass is 10.1. The van der Waals surface area contributed by atoms with Crippen molar-refractivity contribution >= 4 is 51.4 Å². The minimum atomic E-state index is -0.421. The van der Waals surface area contributed by atoms with Gasteiger partial charge in [-0.2, -0.15) is 0 Å². The molecule has 2 amide bonds. The molecule has 152 valence electrons. The van der Waals surface area contributed by atoms with Gasteiger partial charge >= 0.3 is 0 Å². The Morgan fingerprint density at radius 1 is 1.07 bits per heavy atom. The number of rotatable bonds is 6. The number of hydrogen-bond donors (Lipinski definition) is 1. The third kappa shape index (κ3) is 4.30. The molecule has 0 bridgehead atoms. The summed E-state index contributed by atoms with van der Waals surface area (Å²) in [5.41, 5.74) is 1.68. The highest BCUT2D eigenvalue weighted by Gasteiger charge is 2.25. The summed E-state index contributed by atoms with van der Waals surface area (Å²) in [6, 6.07) is 17.6. The summed E-state index contributed by atoms with van der Waals surface area (Å²) in [5.74, 6) is 0.496. The summed E-state index contributed by atoms with van der Waals surface area (Å²) in [7, 11) is 0. The molecule has 0 saturated carbocycles. The maximum atomic E-state index is 11.8. The van der Waals surface area contributed by atoms with Crippen LogP contribution in [-0.4, -0.2) is 17.8 Å². The van der Waals surface area contributed by atoms with Crippen molar-refractivity contribution in [2.75, 3.05) is 6.61 Å². The molecule has 0 atom stereocenters. The smallest absolute Gasteiger partial charge is 0.290 e. The molecule has 1 aliphatic rings. The van der Waals surface area contributed by atoms with Crippen molar-refractivity contribution in [3.05, 3.63) is 75.7 Å². The van der Waals surface area contributed by atoms with Crippen LogP contribution in [0.25, 0.3) is 16.8 Å². The Labute approximate surface area is 183 Å². The Hall–Kier alpha value is -2.96. The topological polar surface area (TPSA) is 64.6 Å². The second-order valence-electron chi connectivity index (χ2n) is 6.54. The molecule has 5 nitrogen and oxygen atoms in total. The van der Waals surface area contributed by atoms with Crippen molar-refractivity contribution < 1.29 is 19.1 Å². The highest BCUT2D eigenvalue weighted by molar-refractivity contribution is 8.18. The van der Waals surface area contributed by atoms with E-state index in [1.54, 1.807) is 18.2 Å². The Kier molecular flexibility index (Phi) is 5.97. The van der Waals surface area contributed by atoms with Crippen molar-refractivity contribution in [2.45, 2.75) is 13.5 Å². The Morgan fingerprint density at radius 2 is 1.87 bits per heavy atom. The van der Waals surface area contributed by atoms with Crippen molar-refractivity contribution in [1.82, 2.24) is 5.32 Å². The monoisotopic (exact) mass is 439 g/mol. The molecular weight excluding hydrogens is 422 g/mol. The fourth-order valence-corrected chi connectivity index (χ4v) is 4.17. The number of nitrogens with one attached hydrogen (secondary N) is 1. The first-order valence-electron chi connectivity index (χ1n) is 9.36. The second-order valence-corrected chi connectivity index (χ2v) is 7.96. The first kappa shape index (κ1) is 20.3. The minimum absolute atomic E-state index is 0.308. The van der Waals surface area contributed by atoms with Crippen molar-refractivity contribution in [1.29, 1.82) is 0 Å². The molecular formula is C23H18ClNO4S. The van der Waals surface area contributed by atoms with Crippen LogP contribution >= 0.6 is 23.4 Å². The Bertz CT molecular complexity index is 1170. The number of amides is 2. The van der Waals surface area contributed by atoms with E-state index in [1.165, 1.54) is 0 Å². The van der Waals surface area contributed by atoms with Crippen LogP contribution in [0.15, 0.2) is 59.5 Å². The molecule has 0 aliphatic carbocycles. The lowest BCUT2D eigenvalue weighted by Crippen LogP contribution is -2.17. The predicted octanol–water partition coefficient (Wildman–Crippen LogP) is 5.79. The molecule has 1 heterocycles. The summed E-state index contributed by atoms with van der Waals surface area (Å²) < 4.78 is 11.8. The van der Waals surface area contributed by atoms with Gasteiger partial charge in [-0.15, -0.1) is 0 Å². The highest BCUT2D eigenvalue weighted by atomic mass is 35.5. The number of halogens is 1. The zero-order chi connectivity index (χ0) is 21.1. The summed E-state index contributed by atoms with van der Waals surface area (Å²) in [6.45, 7) is 2.62. The number of carbonyl (C=O) groups is 2. The number of hydrogen-bond acceptors (Lipinski definition) is 5. The summed E-state index contributed by atoms with van der Waals surface area (Å²) in [4.78, 5) is 23.5. The van der Waals surface area contributed by atoms with Gasteiger partial charge in [0.2, 0.25) is 0 Å². The SMILES string of the molecule is CCOc1cc(/C=C2\SC(=O)NC2=O)cc(Cl)c1OCc1cccc2ccccc12. The zero-order valence-electron chi connectivity index (χ0n) is 16.1. The van der Waals surface area contributed by atoms with E-state index in [0.717, 1.165) is 28.1 Å². The molecule has 0 radical (unpaired) electrons. The molecule has 3 aromatic rings. The van der Waals surface area contributed by atoms with Crippen LogP contribution in [0.2, 0.25) is 5.02 Å². The first-order chi connectivity index (χ1) is 14.5. The van der Waals surface area contributed by atoms with Gasteiger partial charge in [0.15, 0.2) is 11.5 Å². The van der Waals surface area contributed by atoms with Crippen LogP contribution in [0.5, 0.6) is 11.5 Å². The molecule has 1 fully saturated rings. The number of fused-ring (bicyclic) bond motifs is 1. The molecule has 3 aromatic carbocycles. The number of imide groups is 1. The normalized spacial score (nSPS) is 14.9. The third-order valence-corrected chi connectivity index (χ3v) is 5.61.